The van der Waals surface area contributed by atoms with Gasteiger partial charge in [0.05, 0.1) is 12.9 Å². The number of aromatic nitrogens is 2. The number of aromatic amines is 1. The number of aryl methyl sites for hydroxylation is 1. The van der Waals surface area contributed by atoms with E-state index in [0.29, 0.717) is 0 Å². The number of methoxy groups -OCH3 is 1. The molecule has 0 amide bonds. The van der Waals surface area contributed by atoms with E-state index >= 15 is 0 Å². The number of fused-ring (bicyclic) bond motifs is 1. The van der Waals surface area contributed by atoms with Crippen LogP contribution in [0.25, 0.3) is 10.9 Å². The first-order valence-corrected chi connectivity index (χ1v) is 13.1. The number of nitrogens with one attached hydrogen (secondary N) is 1. The maximum Gasteiger partial charge on any atom is 0.171 e. The van der Waals surface area contributed by atoms with E-state index in [0.717, 1.165) is 73.6 Å². The summed E-state index contributed by atoms with van der Waals surface area (Å²) in [4.78, 5) is 12.6. The van der Waals surface area contributed by atoms with Crippen LogP contribution in [0.4, 0.5) is 5.82 Å². The average molecular weight is 457 g/mol. The van der Waals surface area contributed by atoms with Gasteiger partial charge in [0.15, 0.2) is 21.4 Å². The summed E-state index contributed by atoms with van der Waals surface area (Å²) in [5.74, 6) is 2.03. The lowest BCUT2D eigenvalue weighted by molar-refractivity contribution is 0.253. The highest BCUT2D eigenvalue weighted by Crippen LogP contribution is 2.26. The van der Waals surface area contributed by atoms with Crippen molar-refractivity contribution in [2.24, 2.45) is 0 Å². The molecule has 1 aromatic carbocycles. The molecule has 1 saturated heterocycles. The Kier molecular flexibility index (Phi) is 7.01. The summed E-state index contributed by atoms with van der Waals surface area (Å²) in [6, 6.07) is 9.79. The molecule has 7 nitrogen and oxygen atoms in total. The third kappa shape index (κ3) is 5.24. The Balaban J connectivity index is 1.31. The van der Waals surface area contributed by atoms with Crippen molar-refractivity contribution in [3.8, 4) is 5.75 Å². The van der Waals surface area contributed by atoms with Gasteiger partial charge in [0.1, 0.15) is 0 Å². The third-order valence-electron chi connectivity index (χ3n) is 6.22. The number of benzene rings is 1. The van der Waals surface area contributed by atoms with Gasteiger partial charge in [-0.15, -0.1) is 0 Å². The lowest BCUT2D eigenvalue weighted by Gasteiger charge is -2.35. The predicted molar refractivity (Wildman–Crippen MR) is 129 cm³/mol. The van der Waals surface area contributed by atoms with Crippen LogP contribution in [0.2, 0.25) is 0 Å². The smallest absolute Gasteiger partial charge is 0.171 e. The first-order valence-electron chi connectivity index (χ1n) is 11.2. The molecule has 1 fully saturated rings. The first kappa shape index (κ1) is 22.6. The maximum atomic E-state index is 12.0. The molecule has 1 aliphatic rings. The molecule has 3 heterocycles. The zero-order valence-electron chi connectivity index (χ0n) is 18.9. The second-order valence-electron chi connectivity index (χ2n) is 8.33. The zero-order chi connectivity index (χ0) is 22.6. The molecule has 4 rings (SSSR count). The van der Waals surface area contributed by atoms with Gasteiger partial charge in [-0.25, -0.2) is 13.4 Å². The molecule has 0 unspecified atom stereocenters. The van der Waals surface area contributed by atoms with Crippen LogP contribution in [0.1, 0.15) is 24.5 Å². The van der Waals surface area contributed by atoms with Gasteiger partial charge in [-0.1, -0.05) is 13.0 Å². The molecule has 0 atom stereocenters. The molecule has 0 saturated carbocycles. The molecular formula is C24H32N4O3S. The molecule has 0 radical (unpaired) electrons. The number of hydrogen-bond donors (Lipinski definition) is 1. The van der Waals surface area contributed by atoms with Crippen LogP contribution in [0.5, 0.6) is 5.75 Å². The quantitative estimate of drug-likeness (QED) is 0.533. The van der Waals surface area contributed by atoms with Crippen molar-refractivity contribution in [1.82, 2.24) is 14.9 Å². The number of H-pyrrole nitrogens is 1. The first-order chi connectivity index (χ1) is 15.5. The van der Waals surface area contributed by atoms with Crippen molar-refractivity contribution in [3.05, 3.63) is 53.9 Å². The monoisotopic (exact) mass is 456 g/mol. The molecule has 172 valence electrons. The van der Waals surface area contributed by atoms with E-state index in [1.54, 1.807) is 14.0 Å². The van der Waals surface area contributed by atoms with E-state index in [2.05, 4.69) is 26.0 Å². The summed E-state index contributed by atoms with van der Waals surface area (Å²) < 4.78 is 29.4. The zero-order valence-corrected chi connectivity index (χ0v) is 19.7. The molecule has 2 aromatic heterocycles. The highest BCUT2D eigenvalue weighted by Gasteiger charge is 2.20. The molecule has 1 N–H and O–H groups in total. The Bertz CT molecular complexity index is 1150. The number of rotatable bonds is 9. The Morgan fingerprint density at radius 1 is 1.16 bits per heavy atom. The van der Waals surface area contributed by atoms with E-state index in [1.807, 2.05) is 36.5 Å². The fourth-order valence-electron chi connectivity index (χ4n) is 4.33. The van der Waals surface area contributed by atoms with Gasteiger partial charge in [-0.3, -0.25) is 4.90 Å². The summed E-state index contributed by atoms with van der Waals surface area (Å²) in [6.45, 7) is 6.64. The molecule has 1 aliphatic heterocycles. The normalized spacial score (nSPS) is 15.4. The van der Waals surface area contributed by atoms with Gasteiger partial charge in [-0.2, -0.15) is 0 Å². The van der Waals surface area contributed by atoms with Gasteiger partial charge in [-0.05, 0) is 54.8 Å². The van der Waals surface area contributed by atoms with Gasteiger partial charge in [0.25, 0.3) is 0 Å². The van der Waals surface area contributed by atoms with Crippen molar-refractivity contribution in [1.29, 1.82) is 0 Å². The minimum absolute atomic E-state index is 0.107. The lowest BCUT2D eigenvalue weighted by atomic mass is 10.1. The number of pyridine rings is 1. The molecule has 8 heteroatoms. The number of ether oxygens (including phenoxy) is 1. The van der Waals surface area contributed by atoms with Gasteiger partial charge in [0, 0.05) is 55.2 Å². The van der Waals surface area contributed by atoms with Crippen LogP contribution in [0, 0.1) is 0 Å². The van der Waals surface area contributed by atoms with E-state index in [1.165, 1.54) is 5.56 Å². The Hall–Kier alpha value is -2.58. The van der Waals surface area contributed by atoms with Gasteiger partial charge >= 0.3 is 0 Å². The fraction of sp³-hybridized carbons (Fsp3) is 0.458. The maximum absolute atomic E-state index is 12.0. The van der Waals surface area contributed by atoms with Crippen molar-refractivity contribution in [3.63, 3.8) is 0 Å². The van der Waals surface area contributed by atoms with Crippen LogP contribution >= 0.6 is 0 Å². The fourth-order valence-corrected chi connectivity index (χ4v) is 5.23. The second-order valence-corrected chi connectivity index (χ2v) is 10.7. The average Bonchev–Trinajstić information content (AvgIpc) is 3.21. The Labute approximate surface area is 190 Å². The van der Waals surface area contributed by atoms with Crippen LogP contribution < -0.4 is 9.64 Å². The SMILES string of the molecule is CCS(=O)(=O)Cc1ccc2[nH]cc(CCCN3CCN(c4ncccc4OC)CC3)c2c1. The van der Waals surface area contributed by atoms with Gasteiger partial charge < -0.3 is 14.6 Å². The molecule has 0 spiro atoms. The number of anilines is 1. The predicted octanol–water partition coefficient (Wildman–Crippen LogP) is 3.26. The van der Waals surface area contributed by atoms with E-state index in [-0.39, 0.29) is 11.5 Å². The number of sulfone groups is 1. The minimum Gasteiger partial charge on any atom is -0.493 e. The van der Waals surface area contributed by atoms with Crippen molar-refractivity contribution < 1.29 is 13.2 Å². The number of piperazine rings is 1. The van der Waals surface area contributed by atoms with E-state index in [4.69, 9.17) is 4.74 Å². The van der Waals surface area contributed by atoms with Crippen LogP contribution in [-0.2, 0) is 22.0 Å². The highest BCUT2D eigenvalue weighted by atomic mass is 32.2. The summed E-state index contributed by atoms with van der Waals surface area (Å²) >= 11 is 0. The van der Waals surface area contributed by atoms with Crippen LogP contribution in [0.3, 0.4) is 0 Å². The van der Waals surface area contributed by atoms with E-state index < -0.39 is 9.84 Å². The second kappa shape index (κ2) is 9.92. The summed E-state index contributed by atoms with van der Waals surface area (Å²) in [7, 11) is -1.34. The number of hydrogen-bond acceptors (Lipinski definition) is 6. The largest absolute Gasteiger partial charge is 0.493 e. The van der Waals surface area contributed by atoms with Crippen molar-refractivity contribution in [2.75, 3.05) is 50.5 Å². The standard InChI is InChI=1S/C24H32N4O3S/c1-3-32(29,30)18-19-8-9-22-21(16-19)20(17-26-22)6-5-11-27-12-14-28(15-13-27)24-23(31-2)7-4-10-25-24/h4,7-10,16-17,26H,3,5-6,11-15,18H2,1-2H3. The van der Waals surface area contributed by atoms with E-state index in [9.17, 15) is 8.42 Å². The lowest BCUT2D eigenvalue weighted by Crippen LogP contribution is -2.47. The topological polar surface area (TPSA) is 78.5 Å². The Morgan fingerprint density at radius 3 is 2.72 bits per heavy atom. The summed E-state index contributed by atoms with van der Waals surface area (Å²) in [5.41, 5.74) is 3.18. The van der Waals surface area contributed by atoms with Crippen molar-refractivity contribution >= 4 is 26.6 Å². The molecule has 0 aliphatic carbocycles. The van der Waals surface area contributed by atoms with Crippen molar-refractivity contribution in [2.45, 2.75) is 25.5 Å². The summed E-state index contributed by atoms with van der Waals surface area (Å²) in [5, 5.41) is 1.14. The minimum atomic E-state index is -3.03. The van der Waals surface area contributed by atoms with Crippen LogP contribution in [-0.4, -0.2) is 68.9 Å². The van der Waals surface area contributed by atoms with Gasteiger partial charge in [0.2, 0.25) is 0 Å². The third-order valence-corrected chi connectivity index (χ3v) is 7.87. The molecule has 32 heavy (non-hydrogen) atoms. The Morgan fingerprint density at radius 2 is 1.97 bits per heavy atom. The highest BCUT2D eigenvalue weighted by molar-refractivity contribution is 7.90. The molecule has 0 bridgehead atoms. The molecule has 3 aromatic rings. The summed E-state index contributed by atoms with van der Waals surface area (Å²) in [6.07, 6.45) is 5.91. The number of nitrogens with zero attached hydrogens (tertiary/aromatic N) is 3. The van der Waals surface area contributed by atoms with Crippen LogP contribution in [0.15, 0.2) is 42.7 Å². The molecular weight excluding hydrogens is 424 g/mol.